The van der Waals surface area contributed by atoms with E-state index >= 15 is 0 Å². The minimum atomic E-state index is 0. The lowest BCUT2D eigenvalue weighted by atomic mass is 12.0. The lowest BCUT2D eigenvalue weighted by molar-refractivity contribution is 0.312. The van der Waals surface area contributed by atoms with E-state index in [1.165, 1.54) is 5.34 Å². The van der Waals surface area contributed by atoms with Crippen molar-refractivity contribution in [1.82, 2.24) is 0 Å². The highest BCUT2D eigenvalue weighted by Crippen LogP contribution is 1.25. The van der Waals surface area contributed by atoms with Gasteiger partial charge in [0.1, 0.15) is 0 Å². The van der Waals surface area contributed by atoms with Crippen LogP contribution in [0.1, 0.15) is 0 Å². The summed E-state index contributed by atoms with van der Waals surface area (Å²) in [7, 11) is 0. The average Bonchev–Trinajstić information content (AvgIpc) is 0.918. The monoisotopic (exact) mass is 60.0 g/mol. The number of hydrogen-bond donors (Lipinski definition) is 1. The van der Waals surface area contributed by atoms with Gasteiger partial charge in [0.25, 0.3) is 0 Å². The fourth-order valence-electron chi connectivity index (χ4n) is 0. The zero-order chi connectivity index (χ0) is 2.71. The fourth-order valence-corrected chi connectivity index (χ4v) is 0. The highest BCUT2D eigenvalue weighted by molar-refractivity contribution is 3.83. The minimum Gasteiger partial charge on any atom is -0.379 e. The molecule has 0 heterocycles. The average molecular weight is 60.0 g/mol. The number of nitrogens with zero attached hydrogens (tertiary/aromatic N) is 1. The molecule has 0 aromatic rings. The van der Waals surface area contributed by atoms with E-state index in [2.05, 4.69) is 0 Å². The van der Waals surface area contributed by atoms with Crippen LogP contribution in [0.3, 0.4) is 0 Å². The van der Waals surface area contributed by atoms with Gasteiger partial charge in [-0.25, -0.2) is 0 Å². The van der Waals surface area contributed by atoms with Crippen molar-refractivity contribution in [3.05, 3.63) is 12.3 Å². The Hall–Kier alpha value is -0.600. The van der Waals surface area contributed by atoms with Gasteiger partial charge < -0.3 is 5.21 Å². The maximum atomic E-state index is 8.11. The van der Waals surface area contributed by atoms with Crippen molar-refractivity contribution in [3.63, 3.8) is 0 Å². The quantitative estimate of drug-likeness (QED) is 0.324. The Bertz CT molecular complexity index is 13.5. The van der Waals surface area contributed by atoms with Crippen LogP contribution in [-0.4, -0.2) is 5.21 Å². The summed E-state index contributed by atoms with van der Waals surface area (Å²) in [6, 6.07) is 0. The lowest BCUT2D eigenvalue weighted by Gasteiger charge is -1.32. The van der Waals surface area contributed by atoms with E-state index in [-0.39, 0.29) is 7.43 Å². The Morgan fingerprint density at radius 1 is 1.75 bits per heavy atom. The van der Waals surface area contributed by atoms with Crippen LogP contribution >= 0.6 is 0 Å². The van der Waals surface area contributed by atoms with Crippen LogP contribution in [-0.2, 0) is 0 Å². The van der Waals surface area contributed by atoms with Crippen LogP contribution in [0, 0.1) is 12.3 Å². The SMILES string of the molecule is O=NO.[CH]. The van der Waals surface area contributed by atoms with Crippen molar-refractivity contribution in [2.24, 2.45) is 5.34 Å². The summed E-state index contributed by atoms with van der Waals surface area (Å²) in [6.45, 7) is 0. The zero-order valence-corrected chi connectivity index (χ0v) is 1.88. The first-order valence-corrected chi connectivity index (χ1v) is 0.383. The van der Waals surface area contributed by atoms with Crippen molar-refractivity contribution in [3.8, 4) is 0 Å². The second kappa shape index (κ2) is 29.4. The van der Waals surface area contributed by atoms with Gasteiger partial charge in [0.2, 0.25) is 0 Å². The molecule has 0 bridgehead atoms. The fraction of sp³-hybridized carbons (Fsp3) is 0. The molecular weight excluding hydrogens is 58.0 g/mol. The molecular formula is CH2NO2. The zero-order valence-electron chi connectivity index (χ0n) is 1.88. The Morgan fingerprint density at radius 3 is 1.75 bits per heavy atom. The van der Waals surface area contributed by atoms with Gasteiger partial charge in [-0.1, -0.05) is 0 Å². The third-order valence-electron chi connectivity index (χ3n) is 0. The molecule has 23 valence electrons. The Kier molecular flexibility index (Phi) is 73.4. The van der Waals surface area contributed by atoms with Gasteiger partial charge >= 0.3 is 0 Å². The third-order valence-corrected chi connectivity index (χ3v) is 0. The first-order valence-electron chi connectivity index (χ1n) is 0.383. The van der Waals surface area contributed by atoms with Gasteiger partial charge in [0.05, 0.1) is 0 Å². The Morgan fingerprint density at radius 2 is 1.75 bits per heavy atom. The first kappa shape index (κ1) is 9.99. The molecule has 0 aromatic carbocycles. The van der Waals surface area contributed by atoms with Gasteiger partial charge in [0.15, 0.2) is 5.34 Å². The van der Waals surface area contributed by atoms with E-state index in [0.29, 0.717) is 0 Å². The van der Waals surface area contributed by atoms with Gasteiger partial charge in [-0.2, -0.15) is 0 Å². The summed E-state index contributed by atoms with van der Waals surface area (Å²) in [4.78, 5) is 8.11. The highest BCUT2D eigenvalue weighted by atomic mass is 16.6. The molecule has 0 aromatic heterocycles. The molecule has 0 atom stereocenters. The molecule has 0 aliphatic carbocycles. The van der Waals surface area contributed by atoms with Crippen molar-refractivity contribution < 1.29 is 5.21 Å². The second-order valence-electron chi connectivity index (χ2n) is 0.0816. The van der Waals surface area contributed by atoms with Crippen molar-refractivity contribution in [1.29, 1.82) is 0 Å². The summed E-state index contributed by atoms with van der Waals surface area (Å²) in [5.74, 6) is 0. The van der Waals surface area contributed by atoms with Gasteiger partial charge in [-0.15, -0.1) is 4.91 Å². The Labute approximate surface area is 24.2 Å². The molecule has 0 unspecified atom stereocenters. The largest absolute Gasteiger partial charge is 0.379 e. The van der Waals surface area contributed by atoms with E-state index in [4.69, 9.17) is 10.1 Å². The normalized spacial score (nSPS) is 3.00. The molecule has 0 saturated carbocycles. The molecule has 3 radical (unpaired) electrons. The molecule has 4 heavy (non-hydrogen) atoms. The van der Waals surface area contributed by atoms with Crippen LogP contribution in [0.5, 0.6) is 0 Å². The Balaban J connectivity index is 0. The summed E-state index contributed by atoms with van der Waals surface area (Å²) in [5.41, 5.74) is 0. The van der Waals surface area contributed by atoms with Crippen LogP contribution in [0.15, 0.2) is 5.34 Å². The van der Waals surface area contributed by atoms with Crippen molar-refractivity contribution in [2.45, 2.75) is 0 Å². The van der Waals surface area contributed by atoms with Crippen molar-refractivity contribution >= 4 is 0 Å². The van der Waals surface area contributed by atoms with E-state index in [9.17, 15) is 0 Å². The summed E-state index contributed by atoms with van der Waals surface area (Å²) < 4.78 is 0. The topological polar surface area (TPSA) is 49.7 Å². The highest BCUT2D eigenvalue weighted by Gasteiger charge is 1.18. The predicted octanol–water partition coefficient (Wildman–Crippen LogP) is 0.346. The van der Waals surface area contributed by atoms with E-state index < -0.39 is 0 Å². The molecule has 0 aliphatic heterocycles. The number of rotatable bonds is 0. The summed E-state index contributed by atoms with van der Waals surface area (Å²) in [6.07, 6.45) is 0. The van der Waals surface area contributed by atoms with Gasteiger partial charge in [0, 0.05) is 0 Å². The summed E-state index contributed by atoms with van der Waals surface area (Å²) in [5, 5.41) is 7.89. The molecule has 0 amide bonds. The van der Waals surface area contributed by atoms with Crippen LogP contribution < -0.4 is 0 Å². The molecule has 0 saturated heterocycles. The molecule has 0 spiro atoms. The maximum absolute atomic E-state index is 8.11. The predicted molar refractivity (Wildman–Crippen MR) is 11.9 cm³/mol. The second-order valence-corrected chi connectivity index (χ2v) is 0.0816. The van der Waals surface area contributed by atoms with Crippen LogP contribution in [0.4, 0.5) is 0 Å². The van der Waals surface area contributed by atoms with E-state index in [1.807, 2.05) is 0 Å². The molecule has 3 heteroatoms. The van der Waals surface area contributed by atoms with Gasteiger partial charge in [-0.05, 0) is 7.43 Å². The first-order chi connectivity index (χ1) is 1.41. The maximum Gasteiger partial charge on any atom is 0.152 e. The third kappa shape index (κ3) is 0.622. The van der Waals surface area contributed by atoms with Crippen molar-refractivity contribution in [2.75, 3.05) is 0 Å². The molecule has 3 nitrogen and oxygen atoms in total. The molecule has 0 aliphatic rings. The molecule has 0 rings (SSSR count). The smallest absolute Gasteiger partial charge is 0.152 e. The lowest BCUT2D eigenvalue weighted by Crippen LogP contribution is -1.25. The molecule has 0 fully saturated rings. The van der Waals surface area contributed by atoms with Crippen LogP contribution in [0.25, 0.3) is 0 Å². The standard InChI is InChI=1S/CH.HNO2/c;2-1-3/h1H;(H,2,3). The molecule has 1 N–H and O–H groups in total. The van der Waals surface area contributed by atoms with Gasteiger partial charge in [-0.3, -0.25) is 0 Å². The van der Waals surface area contributed by atoms with E-state index in [0.717, 1.165) is 0 Å². The van der Waals surface area contributed by atoms with Crippen LogP contribution in [0.2, 0.25) is 0 Å². The summed E-state index contributed by atoms with van der Waals surface area (Å²) >= 11 is 0. The van der Waals surface area contributed by atoms with E-state index in [1.54, 1.807) is 0 Å². The number of hydrogen-bond acceptors (Lipinski definition) is 2. The minimum absolute atomic E-state index is 0.